The third-order valence-electron chi connectivity index (χ3n) is 3.50. The highest BCUT2D eigenvalue weighted by Crippen LogP contribution is 2.33. The SMILES string of the molecule is CC1CN(CCC(N)C2CC2)CC(C)S1. The first-order valence-corrected chi connectivity index (χ1v) is 7.23. The topological polar surface area (TPSA) is 29.3 Å². The van der Waals surface area contributed by atoms with Crippen LogP contribution in [-0.2, 0) is 0 Å². The monoisotopic (exact) mass is 228 g/mol. The number of rotatable bonds is 4. The fraction of sp³-hybridized carbons (Fsp3) is 1.00. The lowest BCUT2D eigenvalue weighted by Gasteiger charge is -2.35. The summed E-state index contributed by atoms with van der Waals surface area (Å²) in [6.45, 7) is 8.41. The Morgan fingerprint density at radius 2 is 1.87 bits per heavy atom. The molecule has 3 atom stereocenters. The average molecular weight is 228 g/mol. The molecule has 2 rings (SSSR count). The largest absolute Gasteiger partial charge is 0.327 e. The van der Waals surface area contributed by atoms with E-state index in [-0.39, 0.29) is 0 Å². The number of nitrogens with zero attached hydrogens (tertiary/aromatic N) is 1. The van der Waals surface area contributed by atoms with E-state index in [1.807, 2.05) is 0 Å². The third kappa shape index (κ3) is 3.65. The van der Waals surface area contributed by atoms with Crippen molar-refractivity contribution in [1.29, 1.82) is 0 Å². The van der Waals surface area contributed by atoms with Crippen LogP contribution in [0.4, 0.5) is 0 Å². The number of thioether (sulfide) groups is 1. The molecule has 2 aliphatic rings. The molecule has 0 aromatic rings. The van der Waals surface area contributed by atoms with Gasteiger partial charge >= 0.3 is 0 Å². The van der Waals surface area contributed by atoms with Crippen molar-refractivity contribution in [1.82, 2.24) is 4.90 Å². The molecule has 15 heavy (non-hydrogen) atoms. The second-order valence-electron chi connectivity index (χ2n) is 5.31. The summed E-state index contributed by atoms with van der Waals surface area (Å²) in [6.07, 6.45) is 3.96. The van der Waals surface area contributed by atoms with Crippen molar-refractivity contribution in [2.45, 2.75) is 49.7 Å². The van der Waals surface area contributed by atoms with E-state index in [9.17, 15) is 0 Å². The maximum absolute atomic E-state index is 6.13. The summed E-state index contributed by atoms with van der Waals surface area (Å²) in [7, 11) is 0. The Balaban J connectivity index is 1.68. The molecule has 3 heteroatoms. The van der Waals surface area contributed by atoms with Crippen LogP contribution in [-0.4, -0.2) is 41.1 Å². The van der Waals surface area contributed by atoms with E-state index in [1.54, 1.807) is 0 Å². The molecule has 0 aromatic heterocycles. The highest BCUT2D eigenvalue weighted by atomic mass is 32.2. The van der Waals surface area contributed by atoms with E-state index in [0.717, 1.165) is 16.4 Å². The zero-order chi connectivity index (χ0) is 10.8. The molecular formula is C12H24N2S. The second kappa shape index (κ2) is 5.07. The van der Waals surface area contributed by atoms with Crippen molar-refractivity contribution in [2.24, 2.45) is 11.7 Å². The van der Waals surface area contributed by atoms with Gasteiger partial charge in [-0.2, -0.15) is 11.8 Å². The number of hydrogen-bond acceptors (Lipinski definition) is 3. The Kier molecular flexibility index (Phi) is 3.97. The van der Waals surface area contributed by atoms with Crippen molar-refractivity contribution >= 4 is 11.8 Å². The Morgan fingerprint density at radius 1 is 1.27 bits per heavy atom. The van der Waals surface area contributed by atoms with Gasteiger partial charge in [-0.15, -0.1) is 0 Å². The summed E-state index contributed by atoms with van der Waals surface area (Å²) < 4.78 is 0. The van der Waals surface area contributed by atoms with E-state index < -0.39 is 0 Å². The summed E-state index contributed by atoms with van der Waals surface area (Å²) in [6, 6.07) is 0.477. The first kappa shape index (κ1) is 11.7. The van der Waals surface area contributed by atoms with Crippen LogP contribution < -0.4 is 5.73 Å². The molecule has 2 N–H and O–H groups in total. The molecule has 0 amide bonds. The molecule has 0 bridgehead atoms. The van der Waals surface area contributed by atoms with E-state index in [1.165, 1.54) is 38.9 Å². The van der Waals surface area contributed by atoms with Gasteiger partial charge in [0.15, 0.2) is 0 Å². The molecule has 1 saturated heterocycles. The van der Waals surface area contributed by atoms with Crippen molar-refractivity contribution in [2.75, 3.05) is 19.6 Å². The lowest BCUT2D eigenvalue weighted by atomic mass is 10.1. The maximum atomic E-state index is 6.13. The van der Waals surface area contributed by atoms with E-state index >= 15 is 0 Å². The Morgan fingerprint density at radius 3 is 2.40 bits per heavy atom. The Labute approximate surface area is 98.0 Å². The van der Waals surface area contributed by atoms with Crippen molar-refractivity contribution in [3.63, 3.8) is 0 Å². The van der Waals surface area contributed by atoms with Gasteiger partial charge in [0.05, 0.1) is 0 Å². The predicted molar refractivity (Wildman–Crippen MR) is 68.3 cm³/mol. The van der Waals surface area contributed by atoms with Crippen LogP contribution in [0.15, 0.2) is 0 Å². The molecule has 3 unspecified atom stereocenters. The summed E-state index contributed by atoms with van der Waals surface area (Å²) in [4.78, 5) is 2.61. The highest BCUT2D eigenvalue weighted by molar-refractivity contribution is 8.00. The molecule has 0 radical (unpaired) electrons. The number of hydrogen-bond donors (Lipinski definition) is 1. The zero-order valence-electron chi connectivity index (χ0n) is 9.98. The molecular weight excluding hydrogens is 204 g/mol. The van der Waals surface area contributed by atoms with Gasteiger partial charge in [-0.05, 0) is 31.7 Å². The second-order valence-corrected chi connectivity index (χ2v) is 7.19. The summed E-state index contributed by atoms with van der Waals surface area (Å²) >= 11 is 2.12. The molecule has 0 aromatic carbocycles. The first-order valence-electron chi connectivity index (χ1n) is 6.28. The lowest BCUT2D eigenvalue weighted by molar-refractivity contribution is 0.257. The fourth-order valence-electron chi connectivity index (χ4n) is 2.56. The zero-order valence-corrected chi connectivity index (χ0v) is 10.8. The van der Waals surface area contributed by atoms with Gasteiger partial charge in [0.1, 0.15) is 0 Å². The van der Waals surface area contributed by atoms with E-state index in [4.69, 9.17) is 5.73 Å². The Bertz CT molecular complexity index is 196. The van der Waals surface area contributed by atoms with Crippen LogP contribution in [0.5, 0.6) is 0 Å². The summed E-state index contributed by atoms with van der Waals surface area (Å²) in [5.41, 5.74) is 6.13. The fourth-order valence-corrected chi connectivity index (χ4v) is 3.95. The van der Waals surface area contributed by atoms with E-state index in [0.29, 0.717) is 6.04 Å². The van der Waals surface area contributed by atoms with Crippen LogP contribution in [0.1, 0.15) is 33.1 Å². The van der Waals surface area contributed by atoms with Crippen LogP contribution in [0.3, 0.4) is 0 Å². The van der Waals surface area contributed by atoms with Gasteiger partial charge in [0.2, 0.25) is 0 Å². The molecule has 1 saturated carbocycles. The molecule has 2 fully saturated rings. The van der Waals surface area contributed by atoms with Crippen LogP contribution in [0.2, 0.25) is 0 Å². The molecule has 88 valence electrons. The van der Waals surface area contributed by atoms with Crippen LogP contribution in [0.25, 0.3) is 0 Å². The van der Waals surface area contributed by atoms with Crippen molar-refractivity contribution < 1.29 is 0 Å². The average Bonchev–Trinajstić information content (AvgIpc) is 2.95. The van der Waals surface area contributed by atoms with Gasteiger partial charge in [0, 0.05) is 29.6 Å². The van der Waals surface area contributed by atoms with Gasteiger partial charge < -0.3 is 10.6 Å². The van der Waals surface area contributed by atoms with Crippen LogP contribution >= 0.6 is 11.8 Å². The smallest absolute Gasteiger partial charge is 0.0149 e. The third-order valence-corrected chi connectivity index (χ3v) is 4.73. The molecule has 1 aliphatic heterocycles. The van der Waals surface area contributed by atoms with E-state index in [2.05, 4.69) is 30.5 Å². The van der Waals surface area contributed by atoms with Crippen molar-refractivity contribution in [3.05, 3.63) is 0 Å². The van der Waals surface area contributed by atoms with Gasteiger partial charge in [-0.1, -0.05) is 13.8 Å². The highest BCUT2D eigenvalue weighted by Gasteiger charge is 2.29. The quantitative estimate of drug-likeness (QED) is 0.797. The lowest BCUT2D eigenvalue weighted by Crippen LogP contribution is -2.42. The number of nitrogens with two attached hydrogens (primary N) is 1. The van der Waals surface area contributed by atoms with Crippen molar-refractivity contribution in [3.8, 4) is 0 Å². The maximum Gasteiger partial charge on any atom is 0.0149 e. The first-order chi connectivity index (χ1) is 7.15. The van der Waals surface area contributed by atoms with Crippen LogP contribution in [0, 0.1) is 5.92 Å². The molecule has 1 aliphatic carbocycles. The minimum Gasteiger partial charge on any atom is -0.327 e. The molecule has 2 nitrogen and oxygen atoms in total. The summed E-state index contributed by atoms with van der Waals surface area (Å²) in [5.74, 6) is 0.860. The normalized spacial score (nSPS) is 35.4. The minimum absolute atomic E-state index is 0.477. The van der Waals surface area contributed by atoms with Gasteiger partial charge in [-0.25, -0.2) is 0 Å². The predicted octanol–water partition coefficient (Wildman–Crippen LogP) is 1.94. The standard InChI is InChI=1S/C12H24N2S/c1-9-7-14(8-10(2)15-9)6-5-12(13)11-3-4-11/h9-12H,3-8,13H2,1-2H3. The van der Waals surface area contributed by atoms with Gasteiger partial charge in [0.25, 0.3) is 0 Å². The van der Waals surface area contributed by atoms with Gasteiger partial charge in [-0.3, -0.25) is 0 Å². The summed E-state index contributed by atoms with van der Waals surface area (Å²) in [5, 5.41) is 1.59. The minimum atomic E-state index is 0.477. The molecule has 0 spiro atoms. The molecule has 1 heterocycles. The Hall–Kier alpha value is 0.270.